The van der Waals surface area contributed by atoms with Crippen molar-refractivity contribution in [1.29, 1.82) is 0 Å². The molecule has 18 atom stereocenters. The van der Waals surface area contributed by atoms with Gasteiger partial charge in [-0.15, -0.1) is 0 Å². The lowest BCUT2D eigenvalue weighted by atomic mass is 9.96. The first-order chi connectivity index (χ1) is 28.5. The summed E-state index contributed by atoms with van der Waals surface area (Å²) >= 11 is 0. The van der Waals surface area contributed by atoms with E-state index in [2.05, 4.69) is 13.8 Å². The number of hydrogen-bond donors (Lipinski definition) is 8. The number of carbonyl (C=O) groups is 3. The molecule has 3 aliphatic heterocycles. The Kier molecular flexibility index (Phi) is 22.5. The predicted molar refractivity (Wildman–Crippen MR) is 208 cm³/mol. The fourth-order valence-electron chi connectivity index (χ4n) is 6.96. The minimum absolute atomic E-state index is 0.0453. The normalized spacial score (nSPS) is 36.2. The van der Waals surface area contributed by atoms with Gasteiger partial charge in [0.1, 0.15) is 54.9 Å². The quantitative estimate of drug-likeness (QED) is 0.0369. The lowest BCUT2D eigenvalue weighted by Crippen LogP contribution is -2.66. The van der Waals surface area contributed by atoms with Crippen molar-refractivity contribution in [3.8, 4) is 0 Å². The van der Waals surface area contributed by atoms with Crippen LogP contribution in [-0.2, 0) is 52.3 Å². The van der Waals surface area contributed by atoms with Crippen LogP contribution in [0.5, 0.6) is 0 Å². The van der Waals surface area contributed by atoms with Gasteiger partial charge in [0.05, 0.1) is 25.7 Å². The van der Waals surface area contributed by atoms with Crippen LogP contribution >= 0.6 is 0 Å². The Morgan fingerprint density at radius 2 is 1.05 bits per heavy atom. The average Bonchev–Trinajstić information content (AvgIpc) is 3.24. The summed E-state index contributed by atoms with van der Waals surface area (Å²) in [7, 11) is 0. The smallest absolute Gasteiger partial charge is 0.309 e. The highest BCUT2D eigenvalue weighted by molar-refractivity contribution is 5.73. The van der Waals surface area contributed by atoms with Gasteiger partial charge < -0.3 is 78.7 Å². The third kappa shape index (κ3) is 14.7. The van der Waals surface area contributed by atoms with E-state index in [0.29, 0.717) is 25.2 Å². The lowest BCUT2D eigenvalue weighted by Gasteiger charge is -2.47. The summed E-state index contributed by atoms with van der Waals surface area (Å²) < 4.78 is 47.2. The van der Waals surface area contributed by atoms with Gasteiger partial charge in [-0.2, -0.15) is 0 Å². The molecule has 0 saturated carbocycles. The molecule has 19 heteroatoms. The Hall–Kier alpha value is -2.11. The largest absolute Gasteiger partial charge is 0.455 e. The molecule has 60 heavy (non-hydrogen) atoms. The molecular formula is C41H72O19. The van der Waals surface area contributed by atoms with Crippen molar-refractivity contribution >= 4 is 17.9 Å². The maximum Gasteiger partial charge on any atom is 0.309 e. The van der Waals surface area contributed by atoms with E-state index in [1.54, 1.807) is 13.8 Å². The van der Waals surface area contributed by atoms with Crippen molar-refractivity contribution in [2.45, 2.75) is 204 Å². The Labute approximate surface area is 352 Å². The van der Waals surface area contributed by atoms with E-state index in [-0.39, 0.29) is 18.8 Å². The monoisotopic (exact) mass is 868 g/mol. The molecule has 3 heterocycles. The molecule has 3 saturated heterocycles. The van der Waals surface area contributed by atoms with E-state index in [1.807, 2.05) is 13.8 Å². The second kappa shape index (κ2) is 25.9. The summed E-state index contributed by atoms with van der Waals surface area (Å²) in [5.74, 6) is -2.24. The Bertz CT molecular complexity index is 1270. The molecular weight excluding hydrogens is 796 g/mol. The topological polar surface area (TPSA) is 287 Å². The minimum Gasteiger partial charge on any atom is -0.455 e. The van der Waals surface area contributed by atoms with Gasteiger partial charge in [-0.25, -0.2) is 0 Å². The predicted octanol–water partition coefficient (Wildman–Crippen LogP) is 0.339. The van der Waals surface area contributed by atoms with Crippen molar-refractivity contribution in [2.75, 3.05) is 19.8 Å². The second-order valence-corrected chi connectivity index (χ2v) is 16.5. The molecule has 3 aliphatic rings. The first kappa shape index (κ1) is 52.2. The van der Waals surface area contributed by atoms with Gasteiger partial charge >= 0.3 is 17.9 Å². The van der Waals surface area contributed by atoms with E-state index < -0.39 is 136 Å². The number of rotatable bonds is 24. The average molecular weight is 869 g/mol. The third-order valence-corrected chi connectivity index (χ3v) is 11.8. The zero-order chi connectivity index (χ0) is 44.7. The molecule has 19 nitrogen and oxygen atoms in total. The maximum atomic E-state index is 13.6. The highest BCUT2D eigenvalue weighted by atomic mass is 16.8. The van der Waals surface area contributed by atoms with Gasteiger partial charge in [0, 0.05) is 12.8 Å². The molecule has 9 unspecified atom stereocenters. The molecule has 0 aliphatic carbocycles. The van der Waals surface area contributed by atoms with E-state index in [1.165, 1.54) is 0 Å². The van der Waals surface area contributed by atoms with Gasteiger partial charge in [-0.3, -0.25) is 14.4 Å². The molecule has 3 fully saturated rings. The highest BCUT2D eigenvalue weighted by Crippen LogP contribution is 2.35. The first-order valence-corrected chi connectivity index (χ1v) is 21.6. The number of carbonyl (C=O) groups excluding carboxylic acids is 3. The summed E-state index contributed by atoms with van der Waals surface area (Å²) in [5, 5.41) is 83.0. The molecule has 0 spiro atoms. The number of unbranched alkanes of at least 4 members (excludes halogenated alkanes) is 3. The van der Waals surface area contributed by atoms with Gasteiger partial charge in [0.2, 0.25) is 6.29 Å². The molecule has 8 N–H and O–H groups in total. The summed E-state index contributed by atoms with van der Waals surface area (Å²) in [6.07, 6.45) is -19.0. The van der Waals surface area contributed by atoms with Crippen LogP contribution in [0.4, 0.5) is 0 Å². The molecule has 0 bridgehead atoms. The van der Waals surface area contributed by atoms with Gasteiger partial charge in [-0.05, 0) is 31.1 Å². The standard InChI is InChI=1S/C41H72O19/c1-7-21(4)14-12-10-11-13-15-27(44)57-35-26(20-53-39-33(50)31(48)29(46)24(18-42)54-39)56-41(60-40-34(51)32(49)30(47)25(19-43)55-40)37(36(35)59-38(52)23(6)9-3)58-28(45)17-16-22(5)8-2/h21-26,29-37,39-43,46-51H,7-20H2,1-6H3/t21?,22?,23?,24?,25?,26?,29-,30+,31-,32-,33?,34?,35+,36-,37?,39-,40+,41+/m0/s1. The molecule has 0 amide bonds. The summed E-state index contributed by atoms with van der Waals surface area (Å²) in [6.45, 7) is 9.33. The zero-order valence-electron chi connectivity index (χ0n) is 35.9. The van der Waals surface area contributed by atoms with Crippen LogP contribution in [0.25, 0.3) is 0 Å². The SMILES string of the molecule is CCC(C)CCCCCCC(=O)O[C@@H]1C(CO[C@H]2OC(CO)[C@H](O)[C@H](O)C2O)O[C@H](O[C@H]2OC(CO)[C@@H](O)[C@H](O)C2O)C(OC(=O)CCC(C)CC)[C@H]1OC(=O)C(C)CC. The fourth-order valence-corrected chi connectivity index (χ4v) is 6.96. The maximum absolute atomic E-state index is 13.6. The zero-order valence-corrected chi connectivity index (χ0v) is 35.9. The molecule has 350 valence electrons. The number of hydrogen-bond acceptors (Lipinski definition) is 19. The van der Waals surface area contributed by atoms with Crippen molar-refractivity contribution in [1.82, 2.24) is 0 Å². The Morgan fingerprint density at radius 1 is 0.533 bits per heavy atom. The van der Waals surface area contributed by atoms with E-state index in [0.717, 1.165) is 38.5 Å². The number of aliphatic hydroxyl groups is 8. The van der Waals surface area contributed by atoms with Crippen LogP contribution in [0.15, 0.2) is 0 Å². The third-order valence-electron chi connectivity index (χ3n) is 11.8. The number of ether oxygens (including phenoxy) is 8. The van der Waals surface area contributed by atoms with Crippen LogP contribution < -0.4 is 0 Å². The fraction of sp³-hybridized carbons (Fsp3) is 0.927. The van der Waals surface area contributed by atoms with E-state index in [4.69, 9.17) is 37.9 Å². The van der Waals surface area contributed by atoms with Crippen molar-refractivity contribution in [3.05, 3.63) is 0 Å². The second-order valence-electron chi connectivity index (χ2n) is 16.5. The number of esters is 3. The highest BCUT2D eigenvalue weighted by Gasteiger charge is 2.56. The van der Waals surface area contributed by atoms with Crippen LogP contribution in [0, 0.1) is 17.8 Å². The van der Waals surface area contributed by atoms with Crippen LogP contribution in [0.1, 0.15) is 112 Å². The van der Waals surface area contributed by atoms with Gasteiger partial charge in [-0.1, -0.05) is 80.1 Å². The molecule has 3 rings (SSSR count). The molecule has 0 aromatic carbocycles. The molecule has 0 radical (unpaired) electrons. The van der Waals surface area contributed by atoms with Crippen LogP contribution in [0.2, 0.25) is 0 Å². The van der Waals surface area contributed by atoms with Crippen molar-refractivity contribution < 1.29 is 93.1 Å². The molecule has 0 aromatic rings. The van der Waals surface area contributed by atoms with Crippen molar-refractivity contribution in [2.24, 2.45) is 17.8 Å². The summed E-state index contributed by atoms with van der Waals surface area (Å²) in [4.78, 5) is 40.8. The van der Waals surface area contributed by atoms with E-state index in [9.17, 15) is 55.2 Å². The minimum atomic E-state index is -1.95. The van der Waals surface area contributed by atoms with Crippen LogP contribution in [-0.4, -0.2) is 171 Å². The van der Waals surface area contributed by atoms with Gasteiger partial charge in [0.15, 0.2) is 30.9 Å². The Morgan fingerprint density at radius 3 is 1.63 bits per heavy atom. The number of aliphatic hydroxyl groups excluding tert-OH is 8. The van der Waals surface area contributed by atoms with Crippen molar-refractivity contribution in [3.63, 3.8) is 0 Å². The summed E-state index contributed by atoms with van der Waals surface area (Å²) in [6, 6.07) is 0. The van der Waals surface area contributed by atoms with Gasteiger partial charge in [0.25, 0.3) is 0 Å². The first-order valence-electron chi connectivity index (χ1n) is 21.6. The Balaban J connectivity index is 2.05. The molecule has 0 aromatic heterocycles. The van der Waals surface area contributed by atoms with E-state index >= 15 is 0 Å². The van der Waals surface area contributed by atoms with Crippen LogP contribution in [0.3, 0.4) is 0 Å². The summed E-state index contributed by atoms with van der Waals surface area (Å²) in [5.41, 5.74) is 0. The lowest BCUT2D eigenvalue weighted by molar-refractivity contribution is -0.381.